The predicted molar refractivity (Wildman–Crippen MR) is 113 cm³/mol. The van der Waals surface area contributed by atoms with Gasteiger partial charge in [-0.2, -0.15) is 18.3 Å². The number of hydrazone groups is 1. The molecule has 0 aliphatic heterocycles. The van der Waals surface area contributed by atoms with Gasteiger partial charge in [-0.1, -0.05) is 39.7 Å². The van der Waals surface area contributed by atoms with Crippen molar-refractivity contribution in [1.82, 2.24) is 5.43 Å². The summed E-state index contributed by atoms with van der Waals surface area (Å²) in [6.07, 6.45) is -3.95. The first-order chi connectivity index (χ1) is 13.8. The first kappa shape index (κ1) is 24.2. The van der Waals surface area contributed by atoms with Gasteiger partial charge in [-0.15, -0.1) is 0 Å². The maximum atomic E-state index is 13.0. The first-order valence-corrected chi connectivity index (χ1v) is 11.2. The zero-order chi connectivity index (χ0) is 22.7. The smallest absolute Gasteiger partial charge is 0.271 e. The minimum absolute atomic E-state index is 0.254. The number of carbonyl (C=O) groups excluding carboxylic acids is 1. The van der Waals surface area contributed by atoms with Crippen LogP contribution in [0.2, 0.25) is 5.02 Å². The van der Waals surface area contributed by atoms with Crippen LogP contribution >= 0.6 is 27.5 Å². The van der Waals surface area contributed by atoms with Crippen molar-refractivity contribution in [2.24, 2.45) is 5.10 Å². The molecule has 0 spiro atoms. The monoisotopic (exact) mass is 525 g/mol. The van der Waals surface area contributed by atoms with Crippen molar-refractivity contribution >= 4 is 54.9 Å². The van der Waals surface area contributed by atoms with Crippen LogP contribution in [0.5, 0.6) is 0 Å². The van der Waals surface area contributed by atoms with Crippen molar-refractivity contribution in [3.63, 3.8) is 0 Å². The summed E-state index contributed by atoms with van der Waals surface area (Å²) in [5.41, 5.74) is 1.79. The van der Waals surface area contributed by atoms with Gasteiger partial charge < -0.3 is 0 Å². The summed E-state index contributed by atoms with van der Waals surface area (Å²) in [6, 6.07) is 9.27. The fourth-order valence-electron chi connectivity index (χ4n) is 2.33. The summed E-state index contributed by atoms with van der Waals surface area (Å²) in [5.74, 6) is -0.856. The van der Waals surface area contributed by atoms with Gasteiger partial charge >= 0.3 is 6.18 Å². The number of rotatable bonds is 6. The van der Waals surface area contributed by atoms with Crippen molar-refractivity contribution in [3.8, 4) is 0 Å². The molecular formula is C18H16BrClF3N3O3S. The minimum Gasteiger partial charge on any atom is -0.271 e. The average molecular weight is 527 g/mol. The Morgan fingerprint density at radius 1 is 1.20 bits per heavy atom. The largest absolute Gasteiger partial charge is 0.416 e. The molecule has 0 heterocycles. The number of alkyl halides is 3. The highest BCUT2D eigenvalue weighted by atomic mass is 79.9. The Labute approximate surface area is 184 Å². The van der Waals surface area contributed by atoms with Gasteiger partial charge in [0.2, 0.25) is 10.0 Å². The number of hydrogen-bond acceptors (Lipinski definition) is 4. The molecule has 2 aromatic carbocycles. The summed E-state index contributed by atoms with van der Waals surface area (Å²) in [7, 11) is -4.13. The van der Waals surface area contributed by atoms with Gasteiger partial charge in [-0.05, 0) is 42.8 Å². The third kappa shape index (κ3) is 6.44. The lowest BCUT2D eigenvalue weighted by Crippen LogP contribution is -2.39. The van der Waals surface area contributed by atoms with E-state index in [0.29, 0.717) is 21.6 Å². The molecule has 0 radical (unpaired) electrons. The molecule has 0 bridgehead atoms. The zero-order valence-corrected chi connectivity index (χ0v) is 18.8. The molecule has 6 nitrogen and oxygen atoms in total. The van der Waals surface area contributed by atoms with E-state index < -0.39 is 39.9 Å². The van der Waals surface area contributed by atoms with Crippen LogP contribution in [-0.4, -0.2) is 32.8 Å². The van der Waals surface area contributed by atoms with Crippen LogP contribution < -0.4 is 9.73 Å². The Hall–Kier alpha value is -2.11. The van der Waals surface area contributed by atoms with Crippen molar-refractivity contribution < 1.29 is 26.4 Å². The Balaban J connectivity index is 2.27. The lowest BCUT2D eigenvalue weighted by Gasteiger charge is -2.23. The standard InChI is InChI=1S/C18H16BrClF3N3O3S/c1-11(12-3-6-14(19)7-4-12)24-25-17(27)10-26(30(2,28)29)16-9-13(18(21,22)23)5-8-15(16)20/h3-9H,10H2,1-2H3,(H,25,27)/b24-11+. The number of benzene rings is 2. The molecule has 1 amide bonds. The van der Waals surface area contributed by atoms with Crippen molar-refractivity contribution in [2.75, 3.05) is 17.1 Å². The lowest BCUT2D eigenvalue weighted by atomic mass is 10.1. The molecule has 0 atom stereocenters. The third-order valence-electron chi connectivity index (χ3n) is 3.84. The highest BCUT2D eigenvalue weighted by molar-refractivity contribution is 9.10. The molecule has 0 aliphatic carbocycles. The second-order valence-corrected chi connectivity index (χ2v) is 9.40. The van der Waals surface area contributed by atoms with Crippen LogP contribution in [-0.2, 0) is 21.0 Å². The molecule has 2 rings (SSSR count). The maximum absolute atomic E-state index is 13.0. The average Bonchev–Trinajstić information content (AvgIpc) is 2.63. The third-order valence-corrected chi connectivity index (χ3v) is 5.81. The van der Waals surface area contributed by atoms with Crippen LogP contribution in [0, 0.1) is 0 Å². The Bertz CT molecular complexity index is 1070. The maximum Gasteiger partial charge on any atom is 0.416 e. The number of carbonyl (C=O) groups is 1. The highest BCUT2D eigenvalue weighted by Crippen LogP contribution is 2.36. The van der Waals surface area contributed by atoms with Crippen LogP contribution in [0.3, 0.4) is 0 Å². The van der Waals surface area contributed by atoms with E-state index in [2.05, 4.69) is 26.5 Å². The highest BCUT2D eigenvalue weighted by Gasteiger charge is 2.33. The fourth-order valence-corrected chi connectivity index (χ4v) is 3.72. The molecular weight excluding hydrogens is 511 g/mol. The topological polar surface area (TPSA) is 78.8 Å². The van der Waals surface area contributed by atoms with Crippen molar-refractivity contribution in [1.29, 1.82) is 0 Å². The molecule has 0 unspecified atom stereocenters. The van der Waals surface area contributed by atoms with E-state index in [4.69, 9.17) is 11.6 Å². The number of nitrogens with one attached hydrogen (secondary N) is 1. The molecule has 0 saturated heterocycles. The SMILES string of the molecule is C/C(=N\NC(=O)CN(c1cc(C(F)(F)F)ccc1Cl)S(C)(=O)=O)c1ccc(Br)cc1. The summed E-state index contributed by atoms with van der Waals surface area (Å²) in [5, 5.41) is 3.65. The van der Waals surface area contributed by atoms with E-state index in [1.54, 1.807) is 31.2 Å². The molecule has 1 N–H and O–H groups in total. The number of hydrogen-bond donors (Lipinski definition) is 1. The number of amides is 1. The van der Waals surface area contributed by atoms with E-state index in [1.807, 2.05) is 0 Å². The van der Waals surface area contributed by atoms with E-state index in [-0.39, 0.29) is 5.02 Å². The van der Waals surface area contributed by atoms with Crippen LogP contribution in [0.15, 0.2) is 52.0 Å². The number of halogens is 5. The van der Waals surface area contributed by atoms with Crippen molar-refractivity contribution in [3.05, 3.63) is 63.1 Å². The molecule has 12 heteroatoms. The Morgan fingerprint density at radius 3 is 2.33 bits per heavy atom. The quantitative estimate of drug-likeness (QED) is 0.447. The minimum atomic E-state index is -4.71. The molecule has 162 valence electrons. The Morgan fingerprint density at radius 2 is 1.80 bits per heavy atom. The van der Waals surface area contributed by atoms with Gasteiger partial charge in [0.15, 0.2) is 0 Å². The van der Waals surface area contributed by atoms with E-state index in [9.17, 15) is 26.4 Å². The van der Waals surface area contributed by atoms with Crippen LogP contribution in [0.1, 0.15) is 18.1 Å². The normalized spacial score (nSPS) is 12.6. The summed E-state index contributed by atoms with van der Waals surface area (Å²) in [4.78, 5) is 12.3. The second kappa shape index (κ2) is 9.36. The summed E-state index contributed by atoms with van der Waals surface area (Å²) >= 11 is 9.21. The summed E-state index contributed by atoms with van der Waals surface area (Å²) in [6.45, 7) is 0.818. The first-order valence-electron chi connectivity index (χ1n) is 8.22. The molecule has 30 heavy (non-hydrogen) atoms. The number of sulfonamides is 1. The number of nitrogens with zero attached hydrogens (tertiary/aromatic N) is 2. The molecule has 0 saturated carbocycles. The van der Waals surface area contributed by atoms with Gasteiger partial charge in [0.05, 0.1) is 28.2 Å². The zero-order valence-electron chi connectivity index (χ0n) is 15.7. The van der Waals surface area contributed by atoms with Gasteiger partial charge in [-0.3, -0.25) is 9.10 Å². The van der Waals surface area contributed by atoms with Gasteiger partial charge in [0.25, 0.3) is 5.91 Å². The van der Waals surface area contributed by atoms with E-state index >= 15 is 0 Å². The van der Waals surface area contributed by atoms with E-state index in [1.165, 1.54) is 0 Å². The second-order valence-electron chi connectivity index (χ2n) is 6.17. The van der Waals surface area contributed by atoms with Gasteiger partial charge in [0, 0.05) is 4.47 Å². The lowest BCUT2D eigenvalue weighted by molar-refractivity contribution is -0.137. The van der Waals surface area contributed by atoms with Crippen molar-refractivity contribution in [2.45, 2.75) is 13.1 Å². The summed E-state index contributed by atoms with van der Waals surface area (Å²) < 4.78 is 64.6. The molecule has 0 fully saturated rings. The van der Waals surface area contributed by atoms with Crippen LogP contribution in [0.4, 0.5) is 18.9 Å². The fraction of sp³-hybridized carbons (Fsp3) is 0.222. The Kier molecular flexibility index (Phi) is 7.54. The van der Waals surface area contributed by atoms with Crippen LogP contribution in [0.25, 0.3) is 0 Å². The van der Waals surface area contributed by atoms with Gasteiger partial charge in [0.1, 0.15) is 6.54 Å². The predicted octanol–water partition coefficient (Wildman–Crippen LogP) is 4.43. The molecule has 0 aliphatic rings. The van der Waals surface area contributed by atoms with E-state index in [0.717, 1.165) is 22.9 Å². The molecule has 0 aromatic heterocycles. The van der Waals surface area contributed by atoms with Gasteiger partial charge in [-0.25, -0.2) is 13.8 Å². The molecule has 2 aromatic rings. The number of anilines is 1.